The summed E-state index contributed by atoms with van der Waals surface area (Å²) in [5.74, 6) is 3.48. The van der Waals surface area contributed by atoms with E-state index < -0.39 is 0 Å². The Kier molecular flexibility index (Phi) is 4.46. The second-order valence-corrected chi connectivity index (χ2v) is 7.32. The number of anilines is 2. The topological polar surface area (TPSA) is 98.6 Å². The summed E-state index contributed by atoms with van der Waals surface area (Å²) in [5.41, 5.74) is 6.88. The van der Waals surface area contributed by atoms with Gasteiger partial charge in [0.2, 0.25) is 11.9 Å². The predicted octanol–water partition coefficient (Wildman–Crippen LogP) is 2.27. The third kappa shape index (κ3) is 3.48. The molecule has 1 aromatic carbocycles. The highest BCUT2D eigenvalue weighted by molar-refractivity contribution is 7.98. The van der Waals surface area contributed by atoms with Crippen molar-refractivity contribution in [2.45, 2.75) is 29.7 Å². The maximum atomic E-state index is 5.81. The van der Waals surface area contributed by atoms with Gasteiger partial charge in [-0.2, -0.15) is 15.0 Å². The van der Waals surface area contributed by atoms with Crippen molar-refractivity contribution in [2.24, 2.45) is 0 Å². The fourth-order valence-corrected chi connectivity index (χ4v) is 3.43. The van der Waals surface area contributed by atoms with Gasteiger partial charge < -0.3 is 10.6 Å². The van der Waals surface area contributed by atoms with E-state index in [1.807, 2.05) is 37.2 Å². The highest BCUT2D eigenvalue weighted by atomic mass is 32.2. The molecular weight excluding hydrogens is 348 g/mol. The van der Waals surface area contributed by atoms with Crippen molar-refractivity contribution in [1.29, 1.82) is 0 Å². The highest BCUT2D eigenvalue weighted by Gasteiger charge is 2.31. The summed E-state index contributed by atoms with van der Waals surface area (Å²) in [4.78, 5) is 14.6. The number of nitrogen functional groups attached to an aromatic ring is 1. The van der Waals surface area contributed by atoms with Gasteiger partial charge in [-0.25, -0.2) is 0 Å². The van der Waals surface area contributed by atoms with Crippen LogP contribution in [-0.4, -0.2) is 43.8 Å². The minimum atomic E-state index is 0.225. The first kappa shape index (κ1) is 16.8. The lowest BCUT2D eigenvalue weighted by Gasteiger charge is -2.12. The lowest BCUT2D eigenvalue weighted by atomic mass is 10.3. The Bertz CT molecular complexity index is 904. The van der Waals surface area contributed by atoms with Crippen molar-refractivity contribution in [3.63, 3.8) is 0 Å². The first-order valence-corrected chi connectivity index (χ1v) is 9.41. The SMILES string of the molecule is CN(C)c1nc(N)nc(CSc2nnc(C3CC3)n2-c2ccccc2)n1. The number of thioether (sulfide) groups is 1. The molecule has 0 spiro atoms. The van der Waals surface area contributed by atoms with Gasteiger partial charge in [0.25, 0.3) is 0 Å². The molecule has 3 aromatic rings. The van der Waals surface area contributed by atoms with Crippen LogP contribution in [0.4, 0.5) is 11.9 Å². The van der Waals surface area contributed by atoms with Gasteiger partial charge in [-0.1, -0.05) is 30.0 Å². The third-order valence-electron chi connectivity index (χ3n) is 4.03. The van der Waals surface area contributed by atoms with Crippen molar-refractivity contribution in [3.8, 4) is 5.69 Å². The van der Waals surface area contributed by atoms with E-state index in [9.17, 15) is 0 Å². The quantitative estimate of drug-likeness (QED) is 0.662. The average molecular weight is 368 g/mol. The molecular formula is C17H20N8S. The van der Waals surface area contributed by atoms with E-state index in [1.165, 1.54) is 12.8 Å². The highest BCUT2D eigenvalue weighted by Crippen LogP contribution is 2.41. The second-order valence-electron chi connectivity index (χ2n) is 6.38. The van der Waals surface area contributed by atoms with E-state index in [0.717, 1.165) is 16.7 Å². The standard InChI is InChI=1S/C17H20N8S/c1-24(2)16-20-13(19-15(18)21-16)10-26-17-23-22-14(11-8-9-11)25(17)12-6-4-3-5-7-12/h3-7,11H,8-10H2,1-2H3,(H2,18,19,20,21). The Hall–Kier alpha value is -2.68. The second kappa shape index (κ2) is 6.91. The normalized spacial score (nSPS) is 13.8. The molecule has 4 rings (SSSR count). The molecule has 0 unspecified atom stereocenters. The number of aromatic nitrogens is 6. The minimum absolute atomic E-state index is 0.225. The molecule has 0 radical (unpaired) electrons. The van der Waals surface area contributed by atoms with Gasteiger partial charge in [0.15, 0.2) is 5.16 Å². The summed E-state index contributed by atoms with van der Waals surface area (Å²) in [5, 5.41) is 9.68. The molecule has 1 aliphatic rings. The first-order valence-electron chi connectivity index (χ1n) is 8.43. The number of nitrogens with two attached hydrogens (primary N) is 1. The zero-order chi connectivity index (χ0) is 18.1. The molecule has 0 saturated heterocycles. The fourth-order valence-electron chi connectivity index (χ4n) is 2.62. The Balaban J connectivity index is 1.61. The molecule has 1 aliphatic carbocycles. The molecule has 0 atom stereocenters. The van der Waals surface area contributed by atoms with E-state index in [2.05, 4.69) is 41.8 Å². The number of hydrogen-bond acceptors (Lipinski definition) is 8. The molecule has 2 heterocycles. The lowest BCUT2D eigenvalue weighted by Crippen LogP contribution is -2.16. The molecule has 0 aliphatic heterocycles. The summed E-state index contributed by atoms with van der Waals surface area (Å²) >= 11 is 1.55. The van der Waals surface area contributed by atoms with Gasteiger partial charge in [0.05, 0.1) is 5.75 Å². The first-order chi connectivity index (χ1) is 12.6. The molecule has 8 nitrogen and oxygen atoms in total. The number of rotatable bonds is 6. The smallest absolute Gasteiger partial charge is 0.229 e. The predicted molar refractivity (Wildman–Crippen MR) is 101 cm³/mol. The van der Waals surface area contributed by atoms with Gasteiger partial charge >= 0.3 is 0 Å². The largest absolute Gasteiger partial charge is 0.368 e. The average Bonchev–Trinajstić information content (AvgIpc) is 3.39. The Morgan fingerprint density at radius 1 is 1.12 bits per heavy atom. The van der Waals surface area contributed by atoms with Crippen molar-refractivity contribution in [1.82, 2.24) is 29.7 Å². The molecule has 1 saturated carbocycles. The van der Waals surface area contributed by atoms with Gasteiger partial charge in [-0.3, -0.25) is 4.57 Å². The van der Waals surface area contributed by atoms with E-state index in [1.54, 1.807) is 11.8 Å². The number of benzene rings is 1. The van der Waals surface area contributed by atoms with Crippen LogP contribution in [0.15, 0.2) is 35.5 Å². The Labute approximate surface area is 155 Å². The molecule has 2 aromatic heterocycles. The van der Waals surface area contributed by atoms with E-state index >= 15 is 0 Å². The summed E-state index contributed by atoms with van der Waals surface area (Å²) in [6.07, 6.45) is 2.34. The molecule has 26 heavy (non-hydrogen) atoms. The summed E-state index contributed by atoms with van der Waals surface area (Å²) in [6.45, 7) is 0. The van der Waals surface area contributed by atoms with Crippen LogP contribution in [0.25, 0.3) is 5.69 Å². The van der Waals surface area contributed by atoms with E-state index in [-0.39, 0.29) is 5.95 Å². The maximum absolute atomic E-state index is 5.81. The van der Waals surface area contributed by atoms with Gasteiger partial charge in [-0.05, 0) is 25.0 Å². The van der Waals surface area contributed by atoms with Gasteiger partial charge in [0, 0.05) is 25.7 Å². The van der Waals surface area contributed by atoms with Crippen molar-refractivity contribution < 1.29 is 0 Å². The summed E-state index contributed by atoms with van der Waals surface area (Å²) in [6, 6.07) is 10.2. The van der Waals surface area contributed by atoms with Crippen LogP contribution in [0.5, 0.6) is 0 Å². The monoisotopic (exact) mass is 368 g/mol. The zero-order valence-corrected chi connectivity index (χ0v) is 15.5. The van der Waals surface area contributed by atoms with Gasteiger partial charge in [-0.15, -0.1) is 10.2 Å². The summed E-state index contributed by atoms with van der Waals surface area (Å²) in [7, 11) is 3.75. The zero-order valence-electron chi connectivity index (χ0n) is 14.7. The molecule has 0 bridgehead atoms. The molecule has 9 heteroatoms. The van der Waals surface area contributed by atoms with Crippen LogP contribution in [-0.2, 0) is 5.75 Å². The fraction of sp³-hybridized carbons (Fsp3) is 0.353. The van der Waals surface area contributed by atoms with Crippen molar-refractivity contribution >= 4 is 23.7 Å². The molecule has 0 amide bonds. The lowest BCUT2D eigenvalue weighted by molar-refractivity contribution is 0.828. The van der Waals surface area contributed by atoms with Gasteiger partial charge in [0.1, 0.15) is 11.6 Å². The van der Waals surface area contributed by atoms with Crippen LogP contribution in [0, 0.1) is 0 Å². The number of nitrogens with zero attached hydrogens (tertiary/aromatic N) is 7. The summed E-state index contributed by atoms with van der Waals surface area (Å²) < 4.78 is 2.14. The van der Waals surface area contributed by atoms with Crippen molar-refractivity contribution in [2.75, 3.05) is 24.7 Å². The maximum Gasteiger partial charge on any atom is 0.229 e. The van der Waals surface area contributed by atoms with E-state index in [0.29, 0.717) is 23.4 Å². The third-order valence-corrected chi connectivity index (χ3v) is 4.96. The van der Waals surface area contributed by atoms with E-state index in [4.69, 9.17) is 5.73 Å². The molecule has 2 N–H and O–H groups in total. The minimum Gasteiger partial charge on any atom is -0.368 e. The van der Waals surface area contributed by atoms with Crippen molar-refractivity contribution in [3.05, 3.63) is 42.0 Å². The Morgan fingerprint density at radius 2 is 1.88 bits per heavy atom. The number of hydrogen-bond donors (Lipinski definition) is 1. The Morgan fingerprint density at radius 3 is 2.58 bits per heavy atom. The number of para-hydroxylation sites is 1. The van der Waals surface area contributed by atoms with Crippen LogP contribution in [0.3, 0.4) is 0 Å². The molecule has 1 fully saturated rings. The molecule has 134 valence electrons. The van der Waals surface area contributed by atoms with Crippen LogP contribution in [0.1, 0.15) is 30.4 Å². The van der Waals surface area contributed by atoms with Crippen LogP contribution >= 0.6 is 11.8 Å². The van der Waals surface area contributed by atoms with Crippen LogP contribution < -0.4 is 10.6 Å². The van der Waals surface area contributed by atoms with Crippen LogP contribution in [0.2, 0.25) is 0 Å².